The maximum absolute atomic E-state index is 13.9. The number of nitrogens with zero attached hydrogens (tertiary/aromatic N) is 1. The van der Waals surface area contributed by atoms with Crippen molar-refractivity contribution in [3.8, 4) is 0 Å². The van der Waals surface area contributed by atoms with Gasteiger partial charge < -0.3 is 14.5 Å². The number of fused-ring (bicyclic) bond motifs is 1. The average Bonchev–Trinajstić information content (AvgIpc) is 2.94. The third-order valence-corrected chi connectivity index (χ3v) is 3.53. The Kier molecular flexibility index (Phi) is 4.25. The van der Waals surface area contributed by atoms with Crippen molar-refractivity contribution in [1.82, 2.24) is 4.98 Å². The number of aromatic nitrogens is 1. The number of methoxy groups -OCH3 is 1. The van der Waals surface area contributed by atoms with Crippen molar-refractivity contribution in [2.45, 2.75) is 13.0 Å². The highest BCUT2D eigenvalue weighted by Gasteiger charge is 2.17. The monoisotopic (exact) mass is 318 g/mol. The molecule has 3 rings (SSSR count). The quantitative estimate of drug-likeness (QED) is 0.765. The highest BCUT2D eigenvalue weighted by Crippen LogP contribution is 2.29. The molecule has 0 aliphatic rings. The molecule has 0 radical (unpaired) electrons. The average molecular weight is 318 g/mol. The lowest BCUT2D eigenvalue weighted by Gasteiger charge is -2.18. The topological polar surface area (TPSA) is 47.3 Å². The van der Waals surface area contributed by atoms with E-state index in [9.17, 15) is 8.78 Å². The molecule has 0 spiro atoms. The van der Waals surface area contributed by atoms with E-state index in [4.69, 9.17) is 9.15 Å². The Bertz CT molecular complexity index is 833. The second-order valence-electron chi connectivity index (χ2n) is 5.24. The molecule has 1 atom stereocenters. The summed E-state index contributed by atoms with van der Waals surface area (Å²) in [5, 5.41) is 3.58. The number of anilines is 1. The van der Waals surface area contributed by atoms with Gasteiger partial charge in [-0.3, -0.25) is 4.98 Å². The van der Waals surface area contributed by atoms with Gasteiger partial charge in [0.15, 0.2) is 5.82 Å². The van der Waals surface area contributed by atoms with Gasteiger partial charge in [0.05, 0.1) is 6.61 Å². The standard InChI is InChI=1S/C17H16F2N2O2/c1-10-3-4-16(23-10)15(9-22-2)21-14-5-6-20-17-12(14)7-11(18)8-13(17)19/h3-8,15H,9H2,1-2H3,(H,20,21). The summed E-state index contributed by atoms with van der Waals surface area (Å²) in [6, 6.07) is 7.15. The van der Waals surface area contributed by atoms with Crippen LogP contribution in [-0.2, 0) is 4.74 Å². The zero-order valence-corrected chi connectivity index (χ0v) is 12.8. The molecule has 0 aliphatic carbocycles. The molecule has 0 bridgehead atoms. The molecule has 0 aliphatic heterocycles. The first-order chi connectivity index (χ1) is 11.1. The summed E-state index contributed by atoms with van der Waals surface area (Å²) in [6.07, 6.45) is 1.48. The number of nitrogens with one attached hydrogen (secondary N) is 1. The summed E-state index contributed by atoms with van der Waals surface area (Å²) in [5.74, 6) is 0.120. The number of furan rings is 1. The largest absolute Gasteiger partial charge is 0.464 e. The van der Waals surface area contributed by atoms with Crippen molar-refractivity contribution in [2.75, 3.05) is 19.0 Å². The second kappa shape index (κ2) is 6.34. The lowest BCUT2D eigenvalue weighted by molar-refractivity contribution is 0.178. The summed E-state index contributed by atoms with van der Waals surface area (Å²) in [7, 11) is 1.58. The van der Waals surface area contributed by atoms with Crippen molar-refractivity contribution >= 4 is 16.6 Å². The van der Waals surface area contributed by atoms with Crippen LogP contribution in [0.2, 0.25) is 0 Å². The first-order valence-electron chi connectivity index (χ1n) is 7.14. The van der Waals surface area contributed by atoms with Crippen molar-refractivity contribution in [3.05, 3.63) is 59.7 Å². The van der Waals surface area contributed by atoms with E-state index in [0.29, 0.717) is 23.4 Å². The smallest absolute Gasteiger partial charge is 0.152 e. The minimum atomic E-state index is -0.694. The molecule has 0 amide bonds. The van der Waals surface area contributed by atoms with Crippen molar-refractivity contribution < 1.29 is 17.9 Å². The number of halogens is 2. The van der Waals surface area contributed by atoms with E-state index < -0.39 is 11.6 Å². The van der Waals surface area contributed by atoms with Crippen LogP contribution < -0.4 is 5.32 Å². The molecule has 0 saturated carbocycles. The predicted molar refractivity (Wildman–Crippen MR) is 83.3 cm³/mol. The van der Waals surface area contributed by atoms with Gasteiger partial charge in [-0.25, -0.2) is 8.78 Å². The van der Waals surface area contributed by atoms with Gasteiger partial charge in [-0.1, -0.05) is 0 Å². The Labute approximate surface area is 132 Å². The first-order valence-corrected chi connectivity index (χ1v) is 7.14. The summed E-state index contributed by atoms with van der Waals surface area (Å²) in [6.45, 7) is 2.19. The summed E-state index contributed by atoms with van der Waals surface area (Å²) in [4.78, 5) is 3.98. The van der Waals surface area contributed by atoms with Crippen LogP contribution in [0, 0.1) is 18.6 Å². The number of aryl methyl sites for hydroxylation is 1. The van der Waals surface area contributed by atoms with Crippen molar-refractivity contribution in [1.29, 1.82) is 0 Å². The molecule has 1 N–H and O–H groups in total. The van der Waals surface area contributed by atoms with E-state index in [1.807, 2.05) is 19.1 Å². The number of ether oxygens (including phenoxy) is 1. The van der Waals surface area contributed by atoms with Crippen LogP contribution in [0.3, 0.4) is 0 Å². The number of hydrogen-bond donors (Lipinski definition) is 1. The van der Waals surface area contributed by atoms with Crippen LogP contribution >= 0.6 is 0 Å². The molecule has 6 heteroatoms. The number of hydrogen-bond acceptors (Lipinski definition) is 4. The van der Waals surface area contributed by atoms with Gasteiger partial charge in [0.1, 0.15) is 28.9 Å². The highest BCUT2D eigenvalue weighted by molar-refractivity contribution is 5.91. The van der Waals surface area contributed by atoms with Gasteiger partial charge >= 0.3 is 0 Å². The van der Waals surface area contributed by atoms with E-state index >= 15 is 0 Å². The Hall–Kier alpha value is -2.47. The van der Waals surface area contributed by atoms with Crippen LogP contribution in [0.15, 0.2) is 40.9 Å². The summed E-state index contributed by atoms with van der Waals surface area (Å²) < 4.78 is 38.3. The van der Waals surface area contributed by atoms with E-state index in [1.54, 1.807) is 13.2 Å². The Balaban J connectivity index is 2.02. The zero-order chi connectivity index (χ0) is 16.4. The van der Waals surface area contributed by atoms with Crippen LogP contribution in [0.1, 0.15) is 17.6 Å². The van der Waals surface area contributed by atoms with Gasteiger partial charge in [0.25, 0.3) is 0 Å². The number of rotatable bonds is 5. The van der Waals surface area contributed by atoms with E-state index in [1.165, 1.54) is 12.3 Å². The lowest BCUT2D eigenvalue weighted by Crippen LogP contribution is -2.16. The summed E-state index contributed by atoms with van der Waals surface area (Å²) in [5.41, 5.74) is 0.674. The third-order valence-electron chi connectivity index (χ3n) is 3.53. The van der Waals surface area contributed by atoms with Gasteiger partial charge in [0, 0.05) is 30.4 Å². The summed E-state index contributed by atoms with van der Waals surface area (Å²) >= 11 is 0. The second-order valence-corrected chi connectivity index (χ2v) is 5.24. The van der Waals surface area contributed by atoms with E-state index in [0.717, 1.165) is 11.8 Å². The third kappa shape index (κ3) is 3.17. The fourth-order valence-corrected chi connectivity index (χ4v) is 2.49. The molecule has 4 nitrogen and oxygen atoms in total. The Morgan fingerprint density at radius 3 is 2.78 bits per heavy atom. The van der Waals surface area contributed by atoms with Crippen LogP contribution in [0.5, 0.6) is 0 Å². The maximum atomic E-state index is 13.9. The minimum absolute atomic E-state index is 0.114. The van der Waals surface area contributed by atoms with Crippen molar-refractivity contribution in [2.24, 2.45) is 0 Å². The highest BCUT2D eigenvalue weighted by atomic mass is 19.1. The van der Waals surface area contributed by atoms with Crippen molar-refractivity contribution in [3.63, 3.8) is 0 Å². The molecule has 2 aromatic heterocycles. The number of pyridine rings is 1. The fraction of sp³-hybridized carbons (Fsp3) is 0.235. The molecule has 23 heavy (non-hydrogen) atoms. The SMILES string of the molecule is COCC(Nc1ccnc2c(F)cc(F)cc12)c1ccc(C)o1. The Morgan fingerprint density at radius 1 is 1.26 bits per heavy atom. The first kappa shape index (κ1) is 15.4. The minimum Gasteiger partial charge on any atom is -0.464 e. The number of benzene rings is 1. The predicted octanol–water partition coefficient (Wildman–Crippen LogP) is 4.21. The molecule has 1 aromatic carbocycles. The zero-order valence-electron chi connectivity index (χ0n) is 12.8. The normalized spacial score (nSPS) is 12.5. The van der Waals surface area contributed by atoms with Gasteiger partial charge in [-0.2, -0.15) is 0 Å². The molecular formula is C17H16F2N2O2. The van der Waals surface area contributed by atoms with Crippen LogP contribution in [0.25, 0.3) is 10.9 Å². The Morgan fingerprint density at radius 2 is 2.09 bits per heavy atom. The molecule has 2 heterocycles. The van der Waals surface area contributed by atoms with E-state index in [2.05, 4.69) is 10.3 Å². The molecule has 0 saturated heterocycles. The fourth-order valence-electron chi connectivity index (χ4n) is 2.49. The molecule has 120 valence electrons. The molecule has 1 unspecified atom stereocenters. The van der Waals surface area contributed by atoms with Gasteiger partial charge in [-0.15, -0.1) is 0 Å². The van der Waals surface area contributed by atoms with Gasteiger partial charge in [-0.05, 0) is 31.2 Å². The van der Waals surface area contributed by atoms with E-state index in [-0.39, 0.29) is 11.6 Å². The van der Waals surface area contributed by atoms with Crippen LogP contribution in [-0.4, -0.2) is 18.7 Å². The maximum Gasteiger partial charge on any atom is 0.152 e. The lowest BCUT2D eigenvalue weighted by atomic mass is 10.1. The van der Waals surface area contributed by atoms with Crippen LogP contribution in [0.4, 0.5) is 14.5 Å². The van der Waals surface area contributed by atoms with Gasteiger partial charge in [0.2, 0.25) is 0 Å². The molecular weight excluding hydrogens is 302 g/mol. The molecule has 0 fully saturated rings. The molecule has 3 aromatic rings.